The Morgan fingerprint density at radius 2 is 1.70 bits per heavy atom. The molecule has 3 aliphatic rings. The Labute approximate surface area is 268 Å². The molecule has 4 unspecified atom stereocenters. The molecule has 4 atom stereocenters. The van der Waals surface area contributed by atoms with E-state index in [1.807, 2.05) is 64.5 Å². The average molecular weight is 632 g/mol. The summed E-state index contributed by atoms with van der Waals surface area (Å²) in [5, 5.41) is 24.1. The molecule has 1 aromatic rings. The molecule has 44 heavy (non-hydrogen) atoms. The molecule has 1 saturated carbocycles. The summed E-state index contributed by atoms with van der Waals surface area (Å²) in [7, 11) is 5.77. The van der Waals surface area contributed by atoms with Crippen LogP contribution in [-0.2, 0) is 14.4 Å². The minimum absolute atomic E-state index is 0.0478. The highest BCUT2D eigenvalue weighted by Crippen LogP contribution is 2.45. The fourth-order valence-corrected chi connectivity index (χ4v) is 6.52. The van der Waals surface area contributed by atoms with Gasteiger partial charge in [0.2, 0.25) is 17.7 Å². The van der Waals surface area contributed by atoms with E-state index >= 15 is 0 Å². The molecule has 0 spiro atoms. The number of amides is 3. The lowest BCUT2D eigenvalue weighted by Crippen LogP contribution is -2.61. The van der Waals surface area contributed by atoms with Crippen LogP contribution in [0.5, 0.6) is 0 Å². The Hall–Kier alpha value is -2.85. The van der Waals surface area contributed by atoms with Crippen molar-refractivity contribution in [1.82, 2.24) is 19.6 Å². The number of nitrogens with one attached hydrogen (secondary N) is 2. The van der Waals surface area contributed by atoms with E-state index in [1.165, 1.54) is 0 Å². The Morgan fingerprint density at radius 1 is 1.09 bits per heavy atom. The number of piperazine rings is 1. The Morgan fingerprint density at radius 3 is 2.18 bits per heavy atom. The van der Waals surface area contributed by atoms with E-state index in [0.717, 1.165) is 56.9 Å². The number of β-amino-alcohol motifs (C(OH)–C–C–N with tert-alkyl or cyclic N) is 1. The molecule has 2 heterocycles. The molecule has 3 amide bonds. The monoisotopic (exact) mass is 631 g/mol. The highest BCUT2D eigenvalue weighted by atomic mass is 32.2. The van der Waals surface area contributed by atoms with Crippen molar-refractivity contribution < 1.29 is 19.5 Å². The second-order valence-electron chi connectivity index (χ2n) is 11.6. The van der Waals surface area contributed by atoms with Gasteiger partial charge >= 0.3 is 0 Å². The highest BCUT2D eigenvalue weighted by Gasteiger charge is 2.53. The van der Waals surface area contributed by atoms with Gasteiger partial charge in [0.25, 0.3) is 0 Å². The lowest BCUT2D eigenvalue weighted by molar-refractivity contribution is -0.134. The van der Waals surface area contributed by atoms with E-state index in [4.69, 9.17) is 10.4 Å². The molecule has 2 saturated heterocycles. The Kier molecular flexibility index (Phi) is 15.4. The van der Waals surface area contributed by atoms with Gasteiger partial charge in [0.05, 0.1) is 12.2 Å². The van der Waals surface area contributed by atoms with Crippen LogP contribution in [0.15, 0.2) is 24.3 Å². The third-order valence-corrected chi connectivity index (χ3v) is 9.69. The van der Waals surface area contributed by atoms with Gasteiger partial charge in [0.15, 0.2) is 0 Å². The molecule has 11 nitrogen and oxygen atoms in total. The molecule has 1 aromatic carbocycles. The number of likely N-dealkylation sites (N-methyl/N-ethyl adjacent to an activating group) is 1. The van der Waals surface area contributed by atoms with Crippen molar-refractivity contribution >= 4 is 40.9 Å². The van der Waals surface area contributed by atoms with E-state index in [1.54, 1.807) is 28.5 Å². The first-order valence-corrected chi connectivity index (χ1v) is 16.9. The summed E-state index contributed by atoms with van der Waals surface area (Å²) >= 11 is 1.63. The van der Waals surface area contributed by atoms with Crippen LogP contribution < -0.4 is 10.6 Å². The van der Waals surface area contributed by atoms with Gasteiger partial charge in [-0.05, 0) is 63.8 Å². The van der Waals surface area contributed by atoms with Crippen LogP contribution >= 0.6 is 11.8 Å². The van der Waals surface area contributed by atoms with Gasteiger partial charge in [0.1, 0.15) is 10.7 Å². The van der Waals surface area contributed by atoms with E-state index in [0.29, 0.717) is 25.9 Å². The first-order chi connectivity index (χ1) is 21.0. The highest BCUT2D eigenvalue weighted by molar-refractivity contribution is 8.00. The number of aliphatic hydroxyl groups is 1. The number of hydrogen-bond acceptors (Lipinski definition) is 9. The molecule has 0 aromatic heterocycles. The number of carbonyl (C=O) groups is 3. The topological polar surface area (TPSA) is 132 Å². The van der Waals surface area contributed by atoms with Crippen LogP contribution in [0.4, 0.5) is 11.4 Å². The van der Waals surface area contributed by atoms with Crippen molar-refractivity contribution in [2.45, 2.75) is 63.3 Å². The number of nitriles is 1. The van der Waals surface area contributed by atoms with Crippen LogP contribution in [0.25, 0.3) is 0 Å². The van der Waals surface area contributed by atoms with E-state index in [9.17, 15) is 14.4 Å². The van der Waals surface area contributed by atoms with Gasteiger partial charge in [-0.25, -0.2) is 0 Å². The van der Waals surface area contributed by atoms with Crippen LogP contribution in [0, 0.1) is 17.2 Å². The van der Waals surface area contributed by atoms with Crippen molar-refractivity contribution in [3.63, 3.8) is 0 Å². The van der Waals surface area contributed by atoms with Crippen molar-refractivity contribution in [1.29, 1.82) is 5.26 Å². The zero-order valence-electron chi connectivity index (χ0n) is 27.6. The second-order valence-corrected chi connectivity index (χ2v) is 12.8. The van der Waals surface area contributed by atoms with E-state index in [2.05, 4.69) is 27.5 Å². The van der Waals surface area contributed by atoms with Crippen LogP contribution in [0.3, 0.4) is 0 Å². The number of rotatable bonds is 9. The van der Waals surface area contributed by atoms with Crippen molar-refractivity contribution in [2.24, 2.45) is 5.92 Å². The molecule has 3 fully saturated rings. The maximum Gasteiger partial charge on any atom is 0.240 e. The maximum atomic E-state index is 12.7. The molecule has 0 bridgehead atoms. The normalized spacial score (nSPS) is 23.8. The number of aliphatic hydroxyl groups excluding tert-OH is 1. The zero-order chi connectivity index (χ0) is 32.9. The lowest BCUT2D eigenvalue weighted by atomic mass is 9.77. The fraction of sp³-hybridized carbons (Fsp3) is 0.688. The third kappa shape index (κ3) is 10.4. The first kappa shape index (κ1) is 37.3. The number of likely N-dealkylation sites (tertiary alicyclic amines) is 1. The summed E-state index contributed by atoms with van der Waals surface area (Å²) in [5.41, 5.74) is 1.78. The number of carbonyl (C=O) groups excluding carboxylic acids is 3. The molecule has 12 heteroatoms. The lowest BCUT2D eigenvalue weighted by Gasteiger charge is -2.48. The van der Waals surface area contributed by atoms with Crippen molar-refractivity contribution in [3.05, 3.63) is 24.3 Å². The number of anilines is 2. The first-order valence-electron chi connectivity index (χ1n) is 15.7. The van der Waals surface area contributed by atoms with Gasteiger partial charge in [-0.3, -0.25) is 14.4 Å². The smallest absolute Gasteiger partial charge is 0.240 e. The molecule has 2 aliphatic heterocycles. The second kappa shape index (κ2) is 18.2. The largest absolute Gasteiger partial charge is 0.391 e. The number of benzene rings is 1. The van der Waals surface area contributed by atoms with Gasteiger partial charge in [-0.15, -0.1) is 11.8 Å². The maximum absolute atomic E-state index is 12.7. The number of thioether (sulfide) groups is 1. The Balaban J connectivity index is 0.000000403. The molecule has 0 radical (unpaired) electrons. The SMILES string of the molecule is CC.CC(C#N)C(=O)N1CCC(O)C1.CSC1(C(=O)N(C)C)CCC1Nc1ccc(NC(=O)CCN2CCN(C)CC2)cc1. The average Bonchev–Trinajstić information content (AvgIpc) is 3.46. The zero-order valence-corrected chi connectivity index (χ0v) is 28.5. The van der Waals surface area contributed by atoms with Crippen molar-refractivity contribution in [2.75, 3.05) is 83.8 Å². The van der Waals surface area contributed by atoms with Crippen LogP contribution in [-0.4, -0.2) is 133 Å². The molecule has 3 N–H and O–H groups in total. The minimum atomic E-state index is -0.588. The molecule has 246 valence electrons. The van der Waals surface area contributed by atoms with Gasteiger partial charge < -0.3 is 35.3 Å². The predicted octanol–water partition coefficient (Wildman–Crippen LogP) is 2.79. The third-order valence-electron chi connectivity index (χ3n) is 8.30. The van der Waals surface area contributed by atoms with Gasteiger partial charge in [-0.1, -0.05) is 13.8 Å². The van der Waals surface area contributed by atoms with E-state index in [-0.39, 0.29) is 28.5 Å². The van der Waals surface area contributed by atoms with Gasteiger partial charge in [-0.2, -0.15) is 5.26 Å². The summed E-state index contributed by atoms with van der Waals surface area (Å²) in [6.45, 7) is 11.5. The van der Waals surface area contributed by atoms with Crippen LogP contribution in [0.1, 0.15) is 46.5 Å². The molecule has 4 rings (SSSR count). The standard InChI is InChI=1S/C22H35N5O2S.C8H12N2O2.C2H6/c1-25(2)21(29)22(30-4)11-9-19(22)23-17-5-7-18(8-6-17)24-20(28)10-12-27-15-13-26(3)14-16-27;1-6(4-9)8(12)10-3-2-7(11)5-10;1-2/h5-8,19,23H,9-16H2,1-4H3,(H,24,28);6-7,11H,2-3,5H2,1H3;1-2H3. The molecule has 1 aliphatic carbocycles. The number of nitrogens with zero attached hydrogens (tertiary/aromatic N) is 5. The molecular weight excluding hydrogens is 578 g/mol. The summed E-state index contributed by atoms with van der Waals surface area (Å²) in [5.74, 6) is -0.543. The number of hydrogen-bond donors (Lipinski definition) is 3. The van der Waals surface area contributed by atoms with Crippen molar-refractivity contribution in [3.8, 4) is 6.07 Å². The summed E-state index contributed by atoms with van der Waals surface area (Å²) in [6, 6.07) is 9.78. The van der Waals surface area contributed by atoms with Gasteiger partial charge in [0, 0.05) is 83.7 Å². The minimum Gasteiger partial charge on any atom is -0.391 e. The summed E-state index contributed by atoms with van der Waals surface area (Å²) in [6.07, 6.45) is 4.62. The predicted molar refractivity (Wildman–Crippen MR) is 179 cm³/mol. The molecular formula is C32H53N7O4S. The summed E-state index contributed by atoms with van der Waals surface area (Å²) < 4.78 is -0.389. The Bertz CT molecular complexity index is 1100. The van der Waals surface area contributed by atoms with E-state index < -0.39 is 12.0 Å². The summed E-state index contributed by atoms with van der Waals surface area (Å²) in [4.78, 5) is 44.1. The quantitative estimate of drug-likeness (QED) is 0.377. The fourth-order valence-electron chi connectivity index (χ4n) is 5.38. The van der Waals surface area contributed by atoms with Crippen LogP contribution in [0.2, 0.25) is 0 Å².